The number of hydrogen-bond acceptors (Lipinski definition) is 4. The fraction of sp³-hybridized carbons (Fsp3) is 0.133. The van der Waals surface area contributed by atoms with E-state index < -0.39 is 12.0 Å². The van der Waals surface area contributed by atoms with Gasteiger partial charge < -0.3 is 20.7 Å². The Morgan fingerprint density at radius 3 is 2.35 bits per heavy atom. The maximum absolute atomic E-state index is 10.8. The van der Waals surface area contributed by atoms with Gasteiger partial charge in [0.25, 0.3) is 0 Å². The number of halogens is 3. The summed E-state index contributed by atoms with van der Waals surface area (Å²) in [5.41, 5.74) is 6.35. The van der Waals surface area contributed by atoms with Crippen molar-refractivity contribution in [2.45, 2.75) is 12.5 Å². The number of aliphatic carboxylic acids is 1. The highest BCUT2D eigenvalue weighted by Crippen LogP contribution is 2.38. The van der Waals surface area contributed by atoms with Gasteiger partial charge in [0.1, 0.15) is 17.5 Å². The van der Waals surface area contributed by atoms with Crippen molar-refractivity contribution in [1.82, 2.24) is 0 Å². The molecule has 2 aromatic rings. The van der Waals surface area contributed by atoms with Crippen LogP contribution in [0.1, 0.15) is 5.56 Å². The summed E-state index contributed by atoms with van der Waals surface area (Å²) < 4.78 is 8.29. The van der Waals surface area contributed by atoms with Gasteiger partial charge in [0.05, 0.1) is 10.7 Å². The molecule has 0 unspecified atom stereocenters. The number of carbonyl (C=O) groups is 1. The van der Waals surface area contributed by atoms with Crippen molar-refractivity contribution in [2.24, 2.45) is 5.73 Å². The SMILES string of the molecule is N[C@H](Cc1ccc(Oc2c(I)cc(O)c(I)c2I)cc1)C(=O)O. The van der Waals surface area contributed by atoms with Crippen LogP contribution in [0.3, 0.4) is 0 Å². The third kappa shape index (κ3) is 4.82. The molecule has 5 nitrogen and oxygen atoms in total. The monoisotopic (exact) mass is 651 g/mol. The molecule has 4 N–H and O–H groups in total. The van der Waals surface area contributed by atoms with Gasteiger partial charge >= 0.3 is 5.97 Å². The summed E-state index contributed by atoms with van der Waals surface area (Å²) in [5, 5.41) is 18.6. The van der Waals surface area contributed by atoms with E-state index in [1.165, 1.54) is 0 Å². The highest BCUT2D eigenvalue weighted by atomic mass is 127. The first-order valence-corrected chi connectivity index (χ1v) is 9.65. The van der Waals surface area contributed by atoms with Gasteiger partial charge in [-0.1, -0.05) is 12.1 Å². The molecule has 0 bridgehead atoms. The van der Waals surface area contributed by atoms with Gasteiger partial charge in [0.15, 0.2) is 5.75 Å². The molecule has 0 aliphatic carbocycles. The second kappa shape index (κ2) is 8.16. The summed E-state index contributed by atoms with van der Waals surface area (Å²) in [6.45, 7) is 0. The molecule has 0 fully saturated rings. The Balaban J connectivity index is 2.19. The Bertz CT molecular complexity index is 734. The van der Waals surface area contributed by atoms with Crippen molar-refractivity contribution in [3.63, 3.8) is 0 Å². The van der Waals surface area contributed by atoms with Crippen molar-refractivity contribution >= 4 is 73.7 Å². The number of aromatic hydroxyl groups is 1. The average molecular weight is 651 g/mol. The van der Waals surface area contributed by atoms with E-state index in [0.29, 0.717) is 11.5 Å². The fourth-order valence-electron chi connectivity index (χ4n) is 1.81. The standard InChI is InChI=1S/C15H12I3NO4/c16-9-6-11(20)12(17)13(18)14(9)23-8-3-1-7(2-4-8)5-10(19)15(21)22/h1-4,6,10,20H,5,19H2,(H,21,22)/t10-/m1/s1. The van der Waals surface area contributed by atoms with Crippen LogP contribution in [-0.4, -0.2) is 22.2 Å². The highest BCUT2D eigenvalue weighted by Gasteiger charge is 2.16. The van der Waals surface area contributed by atoms with Crippen LogP contribution in [0, 0.1) is 10.7 Å². The van der Waals surface area contributed by atoms with Crippen LogP contribution >= 0.6 is 67.8 Å². The van der Waals surface area contributed by atoms with Crippen LogP contribution in [0.2, 0.25) is 0 Å². The molecule has 1 atom stereocenters. The van der Waals surface area contributed by atoms with Crippen molar-refractivity contribution in [3.8, 4) is 17.2 Å². The normalized spacial score (nSPS) is 12.0. The minimum absolute atomic E-state index is 0.227. The van der Waals surface area contributed by atoms with E-state index >= 15 is 0 Å². The topological polar surface area (TPSA) is 92.8 Å². The van der Waals surface area contributed by atoms with E-state index in [9.17, 15) is 9.90 Å². The van der Waals surface area contributed by atoms with E-state index in [1.807, 2.05) is 0 Å². The number of carboxylic acids is 1. The van der Waals surface area contributed by atoms with Gasteiger partial charge in [-0.05, 0) is 98.0 Å². The molecular formula is C15H12I3NO4. The number of nitrogens with two attached hydrogens (primary N) is 1. The second-order valence-electron chi connectivity index (χ2n) is 4.73. The lowest BCUT2D eigenvalue weighted by molar-refractivity contribution is -0.138. The van der Waals surface area contributed by atoms with Crippen molar-refractivity contribution in [2.75, 3.05) is 0 Å². The number of benzene rings is 2. The molecule has 0 radical (unpaired) electrons. The van der Waals surface area contributed by atoms with Gasteiger partial charge in [-0.25, -0.2) is 0 Å². The summed E-state index contributed by atoms with van der Waals surface area (Å²) >= 11 is 6.31. The zero-order valence-electron chi connectivity index (χ0n) is 11.6. The molecule has 0 saturated carbocycles. The van der Waals surface area contributed by atoms with E-state index in [1.54, 1.807) is 30.3 Å². The predicted octanol–water partition coefficient (Wildman–Crippen LogP) is 3.95. The molecule has 8 heteroatoms. The smallest absolute Gasteiger partial charge is 0.320 e. The van der Waals surface area contributed by atoms with Crippen LogP contribution in [0.15, 0.2) is 30.3 Å². The van der Waals surface area contributed by atoms with E-state index in [0.717, 1.165) is 16.3 Å². The molecule has 0 aliphatic heterocycles. The van der Waals surface area contributed by atoms with Gasteiger partial charge in [-0.15, -0.1) is 0 Å². The summed E-state index contributed by atoms with van der Waals surface area (Å²) in [4.78, 5) is 10.8. The van der Waals surface area contributed by atoms with E-state index in [-0.39, 0.29) is 12.2 Å². The third-order valence-electron chi connectivity index (χ3n) is 3.01. The maximum atomic E-state index is 10.8. The molecule has 0 saturated heterocycles. The summed E-state index contributed by atoms with van der Waals surface area (Å²) in [6.07, 6.45) is 0.266. The lowest BCUT2D eigenvalue weighted by Crippen LogP contribution is -2.32. The molecule has 0 spiro atoms. The predicted molar refractivity (Wildman–Crippen MR) is 112 cm³/mol. The van der Waals surface area contributed by atoms with Gasteiger partial charge in [0, 0.05) is 0 Å². The number of hydrogen-bond donors (Lipinski definition) is 3. The van der Waals surface area contributed by atoms with Crippen LogP contribution < -0.4 is 10.5 Å². The number of phenols is 1. The molecule has 0 amide bonds. The molecule has 0 heterocycles. The quantitative estimate of drug-likeness (QED) is 0.337. The van der Waals surface area contributed by atoms with E-state index in [4.69, 9.17) is 15.6 Å². The Morgan fingerprint density at radius 2 is 1.78 bits per heavy atom. The number of carboxylic acid groups (broad SMARTS) is 1. The van der Waals surface area contributed by atoms with Crippen LogP contribution in [-0.2, 0) is 11.2 Å². The molecule has 23 heavy (non-hydrogen) atoms. The molecule has 0 aliphatic rings. The lowest BCUT2D eigenvalue weighted by atomic mass is 10.1. The minimum Gasteiger partial charge on any atom is -0.507 e. The van der Waals surface area contributed by atoms with Crippen molar-refractivity contribution in [3.05, 3.63) is 46.6 Å². The summed E-state index contributed by atoms with van der Waals surface area (Å²) in [7, 11) is 0. The largest absolute Gasteiger partial charge is 0.507 e. The fourth-order valence-corrected chi connectivity index (χ4v) is 4.08. The van der Waals surface area contributed by atoms with Gasteiger partial charge in [-0.2, -0.15) is 0 Å². The Kier molecular flexibility index (Phi) is 6.74. The Hall–Kier alpha value is -0.340. The summed E-state index contributed by atoms with van der Waals surface area (Å²) in [5.74, 6) is 0.524. The molecule has 2 rings (SSSR count). The molecular weight excluding hydrogens is 639 g/mol. The van der Waals surface area contributed by atoms with Crippen LogP contribution in [0.5, 0.6) is 17.2 Å². The average Bonchev–Trinajstić information content (AvgIpc) is 2.51. The van der Waals surface area contributed by atoms with Crippen LogP contribution in [0.4, 0.5) is 0 Å². The number of rotatable bonds is 5. The van der Waals surface area contributed by atoms with Gasteiger partial charge in [0.2, 0.25) is 0 Å². The highest BCUT2D eigenvalue weighted by molar-refractivity contribution is 14.1. The molecule has 2 aromatic carbocycles. The first-order chi connectivity index (χ1) is 10.8. The van der Waals surface area contributed by atoms with E-state index in [2.05, 4.69) is 67.8 Å². The molecule has 122 valence electrons. The first kappa shape index (κ1) is 19.0. The Labute approximate surface area is 174 Å². The maximum Gasteiger partial charge on any atom is 0.320 e. The molecule has 0 aromatic heterocycles. The number of phenolic OH excluding ortho intramolecular Hbond substituents is 1. The van der Waals surface area contributed by atoms with Crippen molar-refractivity contribution < 1.29 is 19.7 Å². The van der Waals surface area contributed by atoms with Crippen molar-refractivity contribution in [1.29, 1.82) is 0 Å². The number of ether oxygens (including phenoxy) is 1. The second-order valence-corrected chi connectivity index (χ2v) is 8.05. The lowest BCUT2D eigenvalue weighted by Gasteiger charge is -2.13. The first-order valence-electron chi connectivity index (χ1n) is 6.41. The Morgan fingerprint density at radius 1 is 1.17 bits per heavy atom. The van der Waals surface area contributed by atoms with Gasteiger partial charge in [-0.3, -0.25) is 4.79 Å². The summed E-state index contributed by atoms with van der Waals surface area (Å²) in [6, 6.07) is 7.88. The minimum atomic E-state index is -1.02. The van der Waals surface area contributed by atoms with Crippen LogP contribution in [0.25, 0.3) is 0 Å². The zero-order chi connectivity index (χ0) is 17.1. The third-order valence-corrected chi connectivity index (χ3v) is 6.97. The zero-order valence-corrected chi connectivity index (χ0v) is 18.1.